The molecule has 1 aliphatic rings. The fourth-order valence-electron chi connectivity index (χ4n) is 2.41. The van der Waals surface area contributed by atoms with Crippen molar-refractivity contribution in [3.63, 3.8) is 0 Å². The topological polar surface area (TPSA) is 55.6 Å². The van der Waals surface area contributed by atoms with Crippen LogP contribution >= 0.6 is 23.2 Å². The molecule has 4 nitrogen and oxygen atoms in total. The molecule has 6 heteroatoms. The average Bonchev–Trinajstić information content (AvgIpc) is 2.40. The highest BCUT2D eigenvalue weighted by molar-refractivity contribution is 6.35. The molecule has 0 bridgehead atoms. The summed E-state index contributed by atoms with van der Waals surface area (Å²) >= 11 is 11.8. The van der Waals surface area contributed by atoms with Crippen LogP contribution in [0.1, 0.15) is 20.3 Å². The Morgan fingerprint density at radius 2 is 2.19 bits per heavy atom. The van der Waals surface area contributed by atoms with Gasteiger partial charge >= 0.3 is 0 Å². The summed E-state index contributed by atoms with van der Waals surface area (Å²) in [4.78, 5) is 14.0. The van der Waals surface area contributed by atoms with Gasteiger partial charge in [0.2, 0.25) is 0 Å². The molecule has 1 unspecified atom stereocenters. The van der Waals surface area contributed by atoms with Gasteiger partial charge in [-0.25, -0.2) is 0 Å². The van der Waals surface area contributed by atoms with Gasteiger partial charge in [0, 0.05) is 24.2 Å². The number of nitrogens with two attached hydrogens (primary N) is 1. The van der Waals surface area contributed by atoms with E-state index in [2.05, 4.69) is 13.8 Å². The molecule has 1 atom stereocenters. The largest absolute Gasteiger partial charge is 0.482 e. The third kappa shape index (κ3) is 4.02. The van der Waals surface area contributed by atoms with E-state index < -0.39 is 0 Å². The quantitative estimate of drug-likeness (QED) is 0.926. The number of benzene rings is 1. The minimum absolute atomic E-state index is 0.0350. The zero-order valence-electron chi connectivity index (χ0n) is 12.2. The lowest BCUT2D eigenvalue weighted by Gasteiger charge is -2.42. The summed E-state index contributed by atoms with van der Waals surface area (Å²) in [7, 11) is 0. The Morgan fingerprint density at radius 1 is 1.48 bits per heavy atom. The Hall–Kier alpha value is -0.970. The fraction of sp³-hybridized carbons (Fsp3) is 0.533. The van der Waals surface area contributed by atoms with Gasteiger partial charge in [0.05, 0.1) is 5.02 Å². The summed E-state index contributed by atoms with van der Waals surface area (Å²) in [5, 5.41) is 0.932. The van der Waals surface area contributed by atoms with E-state index in [0.717, 1.165) is 6.42 Å². The Morgan fingerprint density at radius 3 is 2.81 bits per heavy atom. The van der Waals surface area contributed by atoms with Crippen LogP contribution in [0.5, 0.6) is 5.75 Å². The van der Waals surface area contributed by atoms with Gasteiger partial charge in [-0.1, -0.05) is 37.0 Å². The normalized spacial score (nSPS) is 21.2. The van der Waals surface area contributed by atoms with Gasteiger partial charge in [-0.15, -0.1) is 0 Å². The van der Waals surface area contributed by atoms with Crippen LogP contribution in [-0.4, -0.2) is 36.5 Å². The van der Waals surface area contributed by atoms with E-state index in [9.17, 15) is 4.79 Å². The minimum Gasteiger partial charge on any atom is -0.482 e. The number of carbonyl (C=O) groups is 1. The summed E-state index contributed by atoms with van der Waals surface area (Å²) < 4.78 is 5.49. The number of amides is 1. The lowest BCUT2D eigenvalue weighted by Crippen LogP contribution is -2.54. The molecule has 0 aromatic heterocycles. The molecule has 0 saturated carbocycles. The molecule has 21 heavy (non-hydrogen) atoms. The fourth-order valence-corrected chi connectivity index (χ4v) is 2.87. The first kappa shape index (κ1) is 16.4. The summed E-state index contributed by atoms with van der Waals surface area (Å²) in [5.74, 6) is 0.406. The van der Waals surface area contributed by atoms with Crippen molar-refractivity contribution >= 4 is 29.1 Å². The minimum atomic E-state index is -0.0776. The van der Waals surface area contributed by atoms with Crippen LogP contribution < -0.4 is 10.5 Å². The molecule has 0 aliphatic carbocycles. The molecule has 1 amide bonds. The highest BCUT2D eigenvalue weighted by Crippen LogP contribution is 2.29. The standard InChI is InChI=1S/C15H20Cl2N2O2/c1-15(2)9-19(6-5-13(15)18)14(20)8-21-12-4-3-10(16)7-11(12)17/h3-4,7,13H,5-6,8-9,18H2,1-2H3. The number of carbonyl (C=O) groups excluding carboxylic acids is 1. The van der Waals surface area contributed by atoms with Crippen molar-refractivity contribution in [3.8, 4) is 5.75 Å². The van der Waals surface area contributed by atoms with Gasteiger partial charge in [0.15, 0.2) is 6.61 Å². The number of rotatable bonds is 3. The van der Waals surface area contributed by atoms with Crippen molar-refractivity contribution in [3.05, 3.63) is 28.2 Å². The van der Waals surface area contributed by atoms with E-state index in [1.54, 1.807) is 23.1 Å². The van der Waals surface area contributed by atoms with Crippen molar-refractivity contribution in [2.45, 2.75) is 26.3 Å². The number of hydrogen-bond acceptors (Lipinski definition) is 3. The van der Waals surface area contributed by atoms with Crippen molar-refractivity contribution in [1.82, 2.24) is 4.90 Å². The number of halogens is 2. The number of hydrogen-bond donors (Lipinski definition) is 1. The molecule has 2 rings (SSSR count). The van der Waals surface area contributed by atoms with Crippen molar-refractivity contribution in [1.29, 1.82) is 0 Å². The van der Waals surface area contributed by atoms with Crippen molar-refractivity contribution in [2.24, 2.45) is 11.1 Å². The van der Waals surface area contributed by atoms with Gasteiger partial charge in [-0.05, 0) is 30.0 Å². The van der Waals surface area contributed by atoms with E-state index in [4.69, 9.17) is 33.7 Å². The maximum atomic E-state index is 12.2. The monoisotopic (exact) mass is 330 g/mol. The van der Waals surface area contributed by atoms with Crippen LogP contribution in [0.2, 0.25) is 10.0 Å². The van der Waals surface area contributed by atoms with Crippen LogP contribution in [0.4, 0.5) is 0 Å². The number of likely N-dealkylation sites (tertiary alicyclic amines) is 1. The van der Waals surface area contributed by atoms with Crippen LogP contribution in [-0.2, 0) is 4.79 Å². The molecule has 0 spiro atoms. The van der Waals surface area contributed by atoms with E-state index >= 15 is 0 Å². The van der Waals surface area contributed by atoms with Gasteiger partial charge in [0.1, 0.15) is 5.75 Å². The first-order chi connectivity index (χ1) is 9.79. The molecular formula is C15H20Cl2N2O2. The highest BCUT2D eigenvalue weighted by Gasteiger charge is 2.35. The molecule has 1 aromatic carbocycles. The zero-order valence-corrected chi connectivity index (χ0v) is 13.7. The van der Waals surface area contributed by atoms with Gasteiger partial charge in [0.25, 0.3) is 5.91 Å². The SMILES string of the molecule is CC1(C)CN(C(=O)COc2ccc(Cl)cc2Cl)CCC1N. The molecule has 0 radical (unpaired) electrons. The first-order valence-electron chi connectivity index (χ1n) is 6.91. The molecule has 1 aliphatic heterocycles. The van der Waals surface area contributed by atoms with E-state index in [0.29, 0.717) is 28.9 Å². The van der Waals surface area contributed by atoms with Gasteiger partial charge in [-0.3, -0.25) is 4.79 Å². The summed E-state index contributed by atoms with van der Waals surface area (Å²) in [6.07, 6.45) is 0.806. The lowest BCUT2D eigenvalue weighted by atomic mass is 9.80. The third-order valence-electron chi connectivity index (χ3n) is 3.91. The Kier molecular flexibility index (Phi) is 5.02. The molecule has 116 valence electrons. The molecule has 1 heterocycles. The number of nitrogens with zero attached hydrogens (tertiary/aromatic N) is 1. The van der Waals surface area contributed by atoms with Gasteiger partial charge < -0.3 is 15.4 Å². The summed E-state index contributed by atoms with van der Waals surface area (Å²) in [6.45, 7) is 5.43. The third-order valence-corrected chi connectivity index (χ3v) is 4.44. The maximum absolute atomic E-state index is 12.2. The smallest absolute Gasteiger partial charge is 0.260 e. The van der Waals surface area contributed by atoms with Crippen LogP contribution in [0.15, 0.2) is 18.2 Å². The predicted molar refractivity (Wildman–Crippen MR) is 84.9 cm³/mol. The molecule has 1 saturated heterocycles. The second-order valence-corrected chi connectivity index (χ2v) is 6.91. The summed E-state index contributed by atoms with van der Waals surface area (Å²) in [6, 6.07) is 5.05. The molecule has 1 fully saturated rings. The zero-order chi connectivity index (χ0) is 15.6. The first-order valence-corrected chi connectivity index (χ1v) is 7.66. The highest BCUT2D eigenvalue weighted by atomic mass is 35.5. The molecule has 2 N–H and O–H groups in total. The summed E-state index contributed by atoms with van der Waals surface area (Å²) in [5.41, 5.74) is 6.00. The number of ether oxygens (including phenoxy) is 1. The van der Waals surface area contributed by atoms with Crippen LogP contribution in [0.3, 0.4) is 0 Å². The van der Waals surface area contributed by atoms with Crippen LogP contribution in [0.25, 0.3) is 0 Å². The Bertz CT molecular complexity index is 534. The second kappa shape index (κ2) is 6.42. The molecular weight excluding hydrogens is 311 g/mol. The van der Waals surface area contributed by atoms with Gasteiger partial charge in [-0.2, -0.15) is 0 Å². The molecule has 1 aromatic rings. The average molecular weight is 331 g/mol. The second-order valence-electron chi connectivity index (χ2n) is 6.06. The maximum Gasteiger partial charge on any atom is 0.260 e. The number of piperidine rings is 1. The van der Waals surface area contributed by atoms with E-state index in [1.165, 1.54) is 0 Å². The van der Waals surface area contributed by atoms with Crippen LogP contribution in [0, 0.1) is 5.41 Å². The lowest BCUT2D eigenvalue weighted by molar-refractivity contribution is -0.136. The Balaban J connectivity index is 1.93. The Labute approximate surface area is 135 Å². The predicted octanol–water partition coefficient (Wildman–Crippen LogP) is 2.96. The van der Waals surface area contributed by atoms with Crippen molar-refractivity contribution in [2.75, 3.05) is 19.7 Å². The van der Waals surface area contributed by atoms with E-state index in [1.807, 2.05) is 0 Å². The van der Waals surface area contributed by atoms with Crippen molar-refractivity contribution < 1.29 is 9.53 Å². The van der Waals surface area contributed by atoms with E-state index in [-0.39, 0.29) is 24.0 Å².